The fourth-order valence-corrected chi connectivity index (χ4v) is 1.39. The SMILES string of the molecule is CCCCCCCOP(=O)(OF)OF. The van der Waals surface area contributed by atoms with Gasteiger partial charge in [0.25, 0.3) is 0 Å². The Labute approximate surface area is 82.0 Å². The second-order valence-corrected chi connectivity index (χ2v) is 4.26. The normalized spacial score (nSPS) is 11.9. The lowest BCUT2D eigenvalue weighted by Gasteiger charge is -2.06. The number of unbranched alkanes of at least 4 members (excludes halogenated alkanes) is 4. The fourth-order valence-electron chi connectivity index (χ4n) is 0.932. The van der Waals surface area contributed by atoms with Crippen molar-refractivity contribution in [2.24, 2.45) is 0 Å². The van der Waals surface area contributed by atoms with Gasteiger partial charge in [-0.15, -0.1) is 0 Å². The van der Waals surface area contributed by atoms with Crippen LogP contribution in [0.3, 0.4) is 0 Å². The standard InChI is InChI=1S/C7H15F2O4P/c1-2-3-4-5-6-7-11-14(10,12-8)13-9/h2-7H2,1H3. The van der Waals surface area contributed by atoms with Crippen LogP contribution < -0.4 is 0 Å². The van der Waals surface area contributed by atoms with Crippen LogP contribution in [0, 0.1) is 0 Å². The molecule has 0 amide bonds. The van der Waals surface area contributed by atoms with Gasteiger partial charge in [-0.3, -0.25) is 4.52 Å². The predicted molar refractivity (Wildman–Crippen MR) is 46.7 cm³/mol. The quantitative estimate of drug-likeness (QED) is 0.447. The third-order valence-corrected chi connectivity index (χ3v) is 2.50. The molecule has 0 atom stereocenters. The molecule has 0 N–H and O–H groups in total. The van der Waals surface area contributed by atoms with Crippen LogP contribution >= 0.6 is 7.82 Å². The zero-order valence-electron chi connectivity index (χ0n) is 8.08. The van der Waals surface area contributed by atoms with Gasteiger partial charge in [0, 0.05) is 0 Å². The summed E-state index contributed by atoms with van der Waals surface area (Å²) in [6, 6.07) is 0. The van der Waals surface area contributed by atoms with Crippen LogP contribution in [0.1, 0.15) is 39.0 Å². The van der Waals surface area contributed by atoms with Crippen molar-refractivity contribution in [2.45, 2.75) is 39.0 Å². The van der Waals surface area contributed by atoms with Gasteiger partial charge in [0.05, 0.1) is 6.61 Å². The average molecular weight is 232 g/mol. The Bertz CT molecular complexity index is 171. The number of hydrogen-bond acceptors (Lipinski definition) is 4. The molecule has 0 bridgehead atoms. The van der Waals surface area contributed by atoms with Crippen molar-refractivity contribution < 1.29 is 27.6 Å². The van der Waals surface area contributed by atoms with Crippen LogP contribution in [0.15, 0.2) is 0 Å². The van der Waals surface area contributed by atoms with Crippen molar-refractivity contribution >= 4 is 7.82 Å². The van der Waals surface area contributed by atoms with Crippen molar-refractivity contribution in [3.8, 4) is 0 Å². The van der Waals surface area contributed by atoms with Gasteiger partial charge in [0.1, 0.15) is 0 Å². The predicted octanol–water partition coefficient (Wildman–Crippen LogP) is 3.88. The summed E-state index contributed by atoms with van der Waals surface area (Å²) in [5.41, 5.74) is 0. The molecule has 0 spiro atoms. The summed E-state index contributed by atoms with van der Waals surface area (Å²) in [6.07, 6.45) is 4.62. The van der Waals surface area contributed by atoms with Crippen LogP contribution in [0.2, 0.25) is 0 Å². The maximum atomic E-state index is 11.4. The minimum absolute atomic E-state index is 0.0468. The minimum Gasteiger partial charge on any atom is -0.283 e. The van der Waals surface area contributed by atoms with Gasteiger partial charge >= 0.3 is 7.82 Å². The second-order valence-electron chi connectivity index (χ2n) is 2.83. The first-order chi connectivity index (χ1) is 6.68. The van der Waals surface area contributed by atoms with Crippen LogP contribution in [0.25, 0.3) is 0 Å². The minimum atomic E-state index is -4.57. The molecule has 0 unspecified atom stereocenters. The molecule has 0 aromatic rings. The molecule has 0 aliphatic rings. The molecule has 86 valence electrons. The summed E-state index contributed by atoms with van der Waals surface area (Å²) in [5, 5.41) is 0. The molecule has 7 heteroatoms. The molecule has 0 aromatic carbocycles. The molecule has 0 saturated heterocycles. The van der Waals surface area contributed by atoms with E-state index in [0.717, 1.165) is 25.7 Å². The number of hydrogen-bond donors (Lipinski definition) is 0. The highest BCUT2D eigenvalue weighted by atomic mass is 31.2. The molecule has 0 heterocycles. The number of phosphoric acid groups is 1. The maximum Gasteiger partial charge on any atom is 0.537 e. The van der Waals surface area contributed by atoms with E-state index in [1.165, 1.54) is 0 Å². The van der Waals surface area contributed by atoms with Crippen molar-refractivity contribution in [1.82, 2.24) is 0 Å². The molecule has 0 aromatic heterocycles. The van der Waals surface area contributed by atoms with Gasteiger partial charge in [0.2, 0.25) is 0 Å². The summed E-state index contributed by atoms with van der Waals surface area (Å²) in [5.74, 6) is 0. The van der Waals surface area contributed by atoms with Gasteiger partial charge in [-0.05, 0) is 15.5 Å². The van der Waals surface area contributed by atoms with Gasteiger partial charge in [0.15, 0.2) is 0 Å². The lowest BCUT2D eigenvalue weighted by atomic mass is 10.2. The Morgan fingerprint density at radius 1 is 1.07 bits per heavy atom. The summed E-state index contributed by atoms with van der Waals surface area (Å²) in [6.45, 7) is 2.02. The first-order valence-electron chi connectivity index (χ1n) is 4.53. The number of rotatable bonds is 9. The zero-order chi connectivity index (χ0) is 10.9. The highest BCUT2D eigenvalue weighted by Gasteiger charge is 2.29. The highest BCUT2D eigenvalue weighted by molar-refractivity contribution is 7.48. The van der Waals surface area contributed by atoms with Crippen molar-refractivity contribution in [2.75, 3.05) is 6.61 Å². The largest absolute Gasteiger partial charge is 0.537 e. The molecule has 0 aliphatic carbocycles. The van der Waals surface area contributed by atoms with Crippen molar-refractivity contribution in [1.29, 1.82) is 0 Å². The van der Waals surface area contributed by atoms with Crippen molar-refractivity contribution in [3.63, 3.8) is 0 Å². The van der Waals surface area contributed by atoms with E-state index in [1.54, 1.807) is 0 Å². The zero-order valence-corrected chi connectivity index (χ0v) is 8.97. The van der Waals surface area contributed by atoms with E-state index >= 15 is 0 Å². The van der Waals surface area contributed by atoms with Crippen molar-refractivity contribution in [3.05, 3.63) is 0 Å². The smallest absolute Gasteiger partial charge is 0.283 e. The van der Waals surface area contributed by atoms with Gasteiger partial charge in [-0.2, -0.15) is 0 Å². The number of halogens is 2. The summed E-state index contributed by atoms with van der Waals surface area (Å²) >= 11 is 0. The summed E-state index contributed by atoms with van der Waals surface area (Å²) < 4.78 is 43.2. The third-order valence-electron chi connectivity index (χ3n) is 1.67. The van der Waals surface area contributed by atoms with E-state index in [1.807, 2.05) is 0 Å². The molecule has 0 fully saturated rings. The third kappa shape index (κ3) is 6.43. The lowest BCUT2D eigenvalue weighted by Crippen LogP contribution is -1.94. The fraction of sp³-hybridized carbons (Fsp3) is 1.00. The van der Waals surface area contributed by atoms with Crippen LogP contribution in [-0.2, 0) is 18.5 Å². The lowest BCUT2D eigenvalue weighted by molar-refractivity contribution is -0.118. The summed E-state index contributed by atoms with van der Waals surface area (Å²) in [7, 11) is -4.57. The Balaban J connectivity index is 3.39. The maximum absolute atomic E-state index is 11.4. The van der Waals surface area contributed by atoms with Crippen LogP contribution in [-0.4, -0.2) is 6.61 Å². The van der Waals surface area contributed by atoms with E-state index in [2.05, 4.69) is 20.9 Å². The summed E-state index contributed by atoms with van der Waals surface area (Å²) in [4.78, 5) is 0. The Morgan fingerprint density at radius 3 is 2.14 bits per heavy atom. The van der Waals surface area contributed by atoms with E-state index in [-0.39, 0.29) is 6.61 Å². The van der Waals surface area contributed by atoms with Crippen LogP contribution in [0.5, 0.6) is 0 Å². The van der Waals surface area contributed by atoms with E-state index in [9.17, 15) is 13.6 Å². The topological polar surface area (TPSA) is 44.8 Å². The highest BCUT2D eigenvalue weighted by Crippen LogP contribution is 2.50. The molecule has 14 heavy (non-hydrogen) atoms. The van der Waals surface area contributed by atoms with Gasteiger partial charge < -0.3 is 0 Å². The van der Waals surface area contributed by atoms with E-state index in [0.29, 0.717) is 6.42 Å². The van der Waals surface area contributed by atoms with E-state index < -0.39 is 7.82 Å². The second kappa shape index (κ2) is 8.29. The first kappa shape index (κ1) is 14.0. The molecular weight excluding hydrogens is 217 g/mol. The molecule has 0 radical (unpaired) electrons. The molecule has 0 saturated carbocycles. The molecule has 0 rings (SSSR count). The van der Waals surface area contributed by atoms with Crippen LogP contribution in [0.4, 0.5) is 9.05 Å². The monoisotopic (exact) mass is 232 g/mol. The average Bonchev–Trinajstić information content (AvgIpc) is 2.23. The Kier molecular flexibility index (Phi) is 8.27. The van der Waals surface area contributed by atoms with E-state index in [4.69, 9.17) is 0 Å². The molecule has 4 nitrogen and oxygen atoms in total. The Hall–Kier alpha value is -0.0300. The Morgan fingerprint density at radius 2 is 1.64 bits per heavy atom. The van der Waals surface area contributed by atoms with Gasteiger partial charge in [-0.1, -0.05) is 42.1 Å². The van der Waals surface area contributed by atoms with Gasteiger partial charge in [-0.25, -0.2) is 4.57 Å². The molecular formula is C7H15F2O4P. The first-order valence-corrected chi connectivity index (χ1v) is 6.00. The molecule has 0 aliphatic heterocycles.